The van der Waals surface area contributed by atoms with Crippen LogP contribution in [0.15, 0.2) is 24.3 Å². The van der Waals surface area contributed by atoms with Crippen molar-refractivity contribution in [2.75, 3.05) is 26.2 Å². The van der Waals surface area contributed by atoms with Gasteiger partial charge in [0.1, 0.15) is 38.5 Å². The molecular formula is C18H29FN2+2. The van der Waals surface area contributed by atoms with Crippen LogP contribution in [0.4, 0.5) is 4.39 Å². The molecule has 0 radical (unpaired) electrons. The maximum atomic E-state index is 13.2. The van der Waals surface area contributed by atoms with Crippen molar-refractivity contribution in [3.8, 4) is 0 Å². The predicted molar refractivity (Wildman–Crippen MR) is 82.9 cm³/mol. The van der Waals surface area contributed by atoms with Gasteiger partial charge < -0.3 is 9.80 Å². The van der Waals surface area contributed by atoms with E-state index in [9.17, 15) is 4.39 Å². The van der Waals surface area contributed by atoms with Crippen molar-refractivity contribution in [1.29, 1.82) is 0 Å². The molecular weight excluding hydrogens is 263 g/mol. The second-order valence-corrected chi connectivity index (χ2v) is 7.18. The highest BCUT2D eigenvalue weighted by molar-refractivity contribution is 5.14. The van der Waals surface area contributed by atoms with E-state index < -0.39 is 0 Å². The second kappa shape index (κ2) is 6.89. The highest BCUT2D eigenvalue weighted by atomic mass is 19.1. The van der Waals surface area contributed by atoms with E-state index in [0.29, 0.717) is 0 Å². The number of halogens is 1. The summed E-state index contributed by atoms with van der Waals surface area (Å²) in [5, 5.41) is 0. The van der Waals surface area contributed by atoms with Crippen molar-refractivity contribution in [3.63, 3.8) is 0 Å². The van der Waals surface area contributed by atoms with E-state index in [-0.39, 0.29) is 5.82 Å². The van der Waals surface area contributed by atoms with E-state index in [0.717, 1.165) is 24.1 Å². The number of hydrogen-bond acceptors (Lipinski definition) is 0. The summed E-state index contributed by atoms with van der Waals surface area (Å²) in [5.74, 6) is 0.821. The summed E-state index contributed by atoms with van der Waals surface area (Å²) >= 11 is 0. The zero-order chi connectivity index (χ0) is 14.7. The highest BCUT2D eigenvalue weighted by Gasteiger charge is 2.32. The molecule has 21 heavy (non-hydrogen) atoms. The lowest BCUT2D eigenvalue weighted by Gasteiger charge is -2.37. The van der Waals surface area contributed by atoms with E-state index in [4.69, 9.17) is 0 Å². The summed E-state index contributed by atoms with van der Waals surface area (Å²) in [6.07, 6.45) is 5.71. The van der Waals surface area contributed by atoms with Gasteiger partial charge in [-0.1, -0.05) is 25.5 Å². The van der Waals surface area contributed by atoms with E-state index in [1.54, 1.807) is 11.0 Å². The molecule has 3 heteroatoms. The molecule has 1 saturated heterocycles. The number of benzene rings is 1. The third kappa shape index (κ3) is 4.04. The van der Waals surface area contributed by atoms with Gasteiger partial charge in [-0.3, -0.25) is 0 Å². The van der Waals surface area contributed by atoms with Gasteiger partial charge in [0.05, 0.1) is 6.04 Å². The Balaban J connectivity index is 1.48. The smallest absolute Gasteiger partial charge is 0.127 e. The van der Waals surface area contributed by atoms with Gasteiger partial charge in [-0.05, 0) is 30.9 Å². The first-order chi connectivity index (χ1) is 10.2. The Hall–Kier alpha value is -0.930. The van der Waals surface area contributed by atoms with Crippen molar-refractivity contribution in [2.45, 2.75) is 45.2 Å². The maximum Gasteiger partial charge on any atom is 0.127 e. The van der Waals surface area contributed by atoms with Crippen molar-refractivity contribution in [1.82, 2.24) is 0 Å². The molecule has 1 saturated carbocycles. The molecule has 1 heterocycles. The minimum absolute atomic E-state index is 0.104. The lowest BCUT2D eigenvalue weighted by Crippen LogP contribution is -3.29. The Morgan fingerprint density at radius 3 is 2.67 bits per heavy atom. The summed E-state index contributed by atoms with van der Waals surface area (Å²) in [6.45, 7) is 8.45. The molecule has 2 nitrogen and oxygen atoms in total. The largest absolute Gasteiger partial charge is 0.323 e. The van der Waals surface area contributed by atoms with Crippen LogP contribution in [-0.2, 0) is 6.54 Å². The van der Waals surface area contributed by atoms with Crippen LogP contribution in [0.25, 0.3) is 0 Å². The van der Waals surface area contributed by atoms with Gasteiger partial charge in [-0.25, -0.2) is 4.39 Å². The Morgan fingerprint density at radius 1 is 1.14 bits per heavy atom. The summed E-state index contributed by atoms with van der Waals surface area (Å²) in [4.78, 5) is 3.46. The normalized spacial score (nSPS) is 33.8. The fourth-order valence-electron chi connectivity index (χ4n) is 4.25. The Bertz CT molecular complexity index is 454. The molecule has 0 bridgehead atoms. The molecule has 1 aromatic rings. The number of rotatable bonds is 3. The zero-order valence-electron chi connectivity index (χ0n) is 13.2. The van der Waals surface area contributed by atoms with Crippen LogP contribution in [0.5, 0.6) is 0 Å². The van der Waals surface area contributed by atoms with Crippen LogP contribution in [0.2, 0.25) is 0 Å². The number of quaternary nitrogens is 2. The van der Waals surface area contributed by atoms with Gasteiger partial charge in [0.25, 0.3) is 0 Å². The van der Waals surface area contributed by atoms with Gasteiger partial charge in [0.2, 0.25) is 0 Å². The molecule has 2 N–H and O–H groups in total. The zero-order valence-corrected chi connectivity index (χ0v) is 13.2. The molecule has 1 aromatic carbocycles. The molecule has 2 unspecified atom stereocenters. The average Bonchev–Trinajstić information content (AvgIpc) is 2.48. The summed E-state index contributed by atoms with van der Waals surface area (Å²) in [5.41, 5.74) is 1.14. The first-order valence-electron chi connectivity index (χ1n) is 8.63. The van der Waals surface area contributed by atoms with Gasteiger partial charge in [-0.15, -0.1) is 0 Å². The van der Waals surface area contributed by atoms with Crippen LogP contribution in [0, 0.1) is 11.7 Å². The first kappa shape index (κ1) is 15.0. The minimum atomic E-state index is -0.104. The van der Waals surface area contributed by atoms with Crippen LogP contribution >= 0.6 is 0 Å². The van der Waals surface area contributed by atoms with Crippen molar-refractivity contribution in [2.24, 2.45) is 5.92 Å². The fraction of sp³-hybridized carbons (Fsp3) is 0.667. The van der Waals surface area contributed by atoms with Crippen LogP contribution in [0.3, 0.4) is 0 Å². The Morgan fingerprint density at radius 2 is 1.95 bits per heavy atom. The van der Waals surface area contributed by atoms with Crippen LogP contribution < -0.4 is 9.80 Å². The lowest BCUT2D eigenvalue weighted by molar-refractivity contribution is -1.03. The van der Waals surface area contributed by atoms with E-state index >= 15 is 0 Å². The number of piperazine rings is 1. The SMILES string of the molecule is CC1CCCC([NH+]2CC[NH+](Cc3cccc(F)c3)CC2)C1. The standard InChI is InChI=1S/C18H27FN2/c1-15-4-2-7-18(12-15)21-10-8-20(9-11-21)14-16-5-3-6-17(19)13-16/h3,5-6,13,15,18H,2,4,7-12,14H2,1H3/p+2. The topological polar surface area (TPSA) is 8.88 Å². The molecule has 116 valence electrons. The molecule has 1 aliphatic carbocycles. The fourth-order valence-corrected chi connectivity index (χ4v) is 4.25. The van der Waals surface area contributed by atoms with Gasteiger partial charge >= 0.3 is 0 Å². The van der Waals surface area contributed by atoms with Gasteiger partial charge in [0.15, 0.2) is 0 Å². The molecule has 1 aliphatic heterocycles. The van der Waals surface area contributed by atoms with Crippen LogP contribution in [-0.4, -0.2) is 32.2 Å². The Kier molecular flexibility index (Phi) is 4.91. The van der Waals surface area contributed by atoms with E-state index in [2.05, 4.69) is 13.0 Å². The first-order valence-corrected chi connectivity index (χ1v) is 8.63. The molecule has 0 spiro atoms. The molecule has 0 aromatic heterocycles. The van der Waals surface area contributed by atoms with Crippen molar-refractivity contribution < 1.29 is 14.2 Å². The molecule has 2 fully saturated rings. The van der Waals surface area contributed by atoms with Crippen molar-refractivity contribution >= 4 is 0 Å². The van der Waals surface area contributed by atoms with Gasteiger partial charge in [-0.2, -0.15) is 0 Å². The third-order valence-electron chi connectivity index (χ3n) is 5.46. The summed E-state index contributed by atoms with van der Waals surface area (Å²) in [6, 6.07) is 8.01. The van der Waals surface area contributed by atoms with Gasteiger partial charge in [0, 0.05) is 12.0 Å². The Labute approximate surface area is 127 Å². The monoisotopic (exact) mass is 292 g/mol. The minimum Gasteiger partial charge on any atom is -0.323 e. The number of nitrogens with one attached hydrogen (secondary N) is 2. The summed E-state index contributed by atoms with van der Waals surface area (Å²) in [7, 11) is 0. The van der Waals surface area contributed by atoms with E-state index in [1.165, 1.54) is 57.9 Å². The quantitative estimate of drug-likeness (QED) is 0.811. The molecule has 3 rings (SSSR count). The predicted octanol–water partition coefficient (Wildman–Crippen LogP) is 0.688. The van der Waals surface area contributed by atoms with Crippen molar-refractivity contribution in [3.05, 3.63) is 35.6 Å². The van der Waals surface area contributed by atoms with E-state index in [1.807, 2.05) is 11.0 Å². The average molecular weight is 292 g/mol. The molecule has 0 amide bonds. The van der Waals surface area contributed by atoms with Crippen LogP contribution in [0.1, 0.15) is 38.2 Å². The highest BCUT2D eigenvalue weighted by Crippen LogP contribution is 2.21. The number of hydrogen-bond donors (Lipinski definition) is 2. The third-order valence-corrected chi connectivity index (χ3v) is 5.46. The molecule has 2 aliphatic rings. The lowest BCUT2D eigenvalue weighted by atomic mass is 9.86. The second-order valence-electron chi connectivity index (χ2n) is 7.18. The molecule has 2 atom stereocenters. The summed E-state index contributed by atoms with van der Waals surface area (Å²) < 4.78 is 13.2. The maximum absolute atomic E-state index is 13.2.